The Kier molecular flexibility index (Phi) is 5.83. The molecule has 0 saturated carbocycles. The standard InChI is InChI=1S/C15H21ClO2/c1-4-15(5-2,18-6-3)14(17)11-12-7-9-13(16)10-8-12/h7-10H,4-6,11H2,1-3H3. The first-order chi connectivity index (χ1) is 8.57. The van der Waals surface area contributed by atoms with Gasteiger partial charge in [-0.15, -0.1) is 0 Å². The summed E-state index contributed by atoms with van der Waals surface area (Å²) in [6.45, 7) is 6.49. The van der Waals surface area contributed by atoms with E-state index in [1.54, 1.807) is 0 Å². The monoisotopic (exact) mass is 268 g/mol. The van der Waals surface area contributed by atoms with Gasteiger partial charge in [-0.3, -0.25) is 4.79 Å². The molecule has 1 rings (SSSR count). The zero-order valence-electron chi connectivity index (χ0n) is 11.3. The minimum atomic E-state index is -0.631. The molecule has 100 valence electrons. The van der Waals surface area contributed by atoms with Gasteiger partial charge in [0.15, 0.2) is 5.78 Å². The van der Waals surface area contributed by atoms with E-state index in [4.69, 9.17) is 16.3 Å². The molecule has 18 heavy (non-hydrogen) atoms. The molecule has 0 unspecified atom stereocenters. The Hall–Kier alpha value is -0.860. The highest BCUT2D eigenvalue weighted by Crippen LogP contribution is 2.24. The van der Waals surface area contributed by atoms with E-state index in [-0.39, 0.29) is 5.78 Å². The third kappa shape index (κ3) is 3.56. The lowest BCUT2D eigenvalue weighted by Gasteiger charge is -2.30. The van der Waals surface area contributed by atoms with Crippen molar-refractivity contribution in [2.24, 2.45) is 0 Å². The van der Waals surface area contributed by atoms with Crippen LogP contribution in [-0.4, -0.2) is 18.0 Å². The first-order valence-corrected chi connectivity index (χ1v) is 6.87. The van der Waals surface area contributed by atoms with E-state index in [2.05, 4.69) is 0 Å². The minimum absolute atomic E-state index is 0.150. The predicted octanol–water partition coefficient (Wildman–Crippen LogP) is 4.05. The molecule has 0 atom stereocenters. The summed E-state index contributed by atoms with van der Waals surface area (Å²) in [5.74, 6) is 0.150. The Bertz CT molecular complexity index is 380. The highest BCUT2D eigenvalue weighted by atomic mass is 35.5. The molecule has 0 spiro atoms. The molecule has 0 bridgehead atoms. The smallest absolute Gasteiger partial charge is 0.168 e. The van der Waals surface area contributed by atoms with Gasteiger partial charge in [-0.25, -0.2) is 0 Å². The number of ketones is 1. The van der Waals surface area contributed by atoms with Gasteiger partial charge in [0.05, 0.1) is 0 Å². The van der Waals surface area contributed by atoms with E-state index in [0.29, 0.717) is 30.9 Å². The summed E-state index contributed by atoms with van der Waals surface area (Å²) in [6, 6.07) is 7.40. The van der Waals surface area contributed by atoms with Gasteiger partial charge >= 0.3 is 0 Å². The SMILES string of the molecule is CCOC(CC)(CC)C(=O)Cc1ccc(Cl)cc1. The predicted molar refractivity (Wildman–Crippen MR) is 75.1 cm³/mol. The number of hydrogen-bond donors (Lipinski definition) is 0. The average Bonchev–Trinajstić information content (AvgIpc) is 2.38. The molecule has 0 radical (unpaired) electrons. The summed E-state index contributed by atoms with van der Waals surface area (Å²) in [5.41, 5.74) is 0.351. The third-order valence-corrected chi connectivity index (χ3v) is 3.60. The maximum absolute atomic E-state index is 12.4. The third-order valence-electron chi connectivity index (χ3n) is 3.35. The fraction of sp³-hybridized carbons (Fsp3) is 0.533. The largest absolute Gasteiger partial charge is 0.368 e. The number of Topliss-reactive ketones (excluding diaryl/α,β-unsaturated/α-hetero) is 1. The molecule has 0 aliphatic heterocycles. The van der Waals surface area contributed by atoms with Crippen molar-refractivity contribution in [3.8, 4) is 0 Å². The zero-order valence-corrected chi connectivity index (χ0v) is 12.1. The number of carbonyl (C=O) groups excluding carboxylic acids is 1. The van der Waals surface area contributed by atoms with Crippen LogP contribution in [0.1, 0.15) is 39.2 Å². The van der Waals surface area contributed by atoms with E-state index < -0.39 is 5.60 Å². The second-order valence-electron chi connectivity index (χ2n) is 4.36. The summed E-state index contributed by atoms with van der Waals surface area (Å²) >= 11 is 5.83. The maximum atomic E-state index is 12.4. The lowest BCUT2D eigenvalue weighted by atomic mass is 9.88. The Labute approximate surface area is 114 Å². The van der Waals surface area contributed by atoms with Crippen molar-refractivity contribution in [3.05, 3.63) is 34.9 Å². The Morgan fingerprint density at radius 1 is 1.17 bits per heavy atom. The molecule has 0 amide bonds. The molecule has 0 aliphatic rings. The van der Waals surface area contributed by atoms with E-state index >= 15 is 0 Å². The number of halogens is 1. The zero-order chi connectivity index (χ0) is 13.6. The second kappa shape index (κ2) is 6.91. The van der Waals surface area contributed by atoms with Gasteiger partial charge in [-0.05, 0) is 37.5 Å². The van der Waals surface area contributed by atoms with Crippen LogP contribution in [0.3, 0.4) is 0 Å². The summed E-state index contributed by atoms with van der Waals surface area (Å²) in [7, 11) is 0. The molecule has 0 aliphatic carbocycles. The first-order valence-electron chi connectivity index (χ1n) is 6.49. The van der Waals surface area contributed by atoms with Gasteiger partial charge in [-0.2, -0.15) is 0 Å². The number of hydrogen-bond acceptors (Lipinski definition) is 2. The molecular formula is C15H21ClO2. The number of benzene rings is 1. The van der Waals surface area contributed by atoms with Crippen LogP contribution in [0.15, 0.2) is 24.3 Å². The van der Waals surface area contributed by atoms with Gasteiger partial charge in [0.25, 0.3) is 0 Å². The van der Waals surface area contributed by atoms with E-state index in [0.717, 1.165) is 5.56 Å². The van der Waals surface area contributed by atoms with Gasteiger partial charge in [0.2, 0.25) is 0 Å². The van der Waals surface area contributed by atoms with Crippen LogP contribution in [0, 0.1) is 0 Å². The van der Waals surface area contributed by atoms with Crippen LogP contribution in [0.5, 0.6) is 0 Å². The molecule has 1 aromatic rings. The van der Waals surface area contributed by atoms with Crippen molar-refractivity contribution in [3.63, 3.8) is 0 Å². The minimum Gasteiger partial charge on any atom is -0.368 e. The van der Waals surface area contributed by atoms with Gasteiger partial charge in [0.1, 0.15) is 5.60 Å². The molecule has 3 heteroatoms. The average molecular weight is 269 g/mol. The lowest BCUT2D eigenvalue weighted by Crippen LogP contribution is -2.41. The normalized spacial score (nSPS) is 11.6. The Morgan fingerprint density at radius 3 is 2.17 bits per heavy atom. The van der Waals surface area contributed by atoms with Crippen LogP contribution in [0.4, 0.5) is 0 Å². The molecule has 0 saturated heterocycles. The molecule has 0 aromatic heterocycles. The molecule has 0 N–H and O–H groups in total. The summed E-state index contributed by atoms with van der Waals surface area (Å²) in [4.78, 5) is 12.4. The summed E-state index contributed by atoms with van der Waals surface area (Å²) < 4.78 is 5.71. The van der Waals surface area contributed by atoms with Crippen molar-refractivity contribution in [2.45, 2.75) is 45.6 Å². The van der Waals surface area contributed by atoms with Crippen LogP contribution >= 0.6 is 11.6 Å². The lowest BCUT2D eigenvalue weighted by molar-refractivity contribution is -0.144. The Morgan fingerprint density at radius 2 is 1.72 bits per heavy atom. The molecular weight excluding hydrogens is 248 g/mol. The van der Waals surface area contributed by atoms with Crippen LogP contribution in [0.2, 0.25) is 5.02 Å². The molecule has 2 nitrogen and oxygen atoms in total. The van der Waals surface area contributed by atoms with Crippen molar-refractivity contribution >= 4 is 17.4 Å². The van der Waals surface area contributed by atoms with Crippen molar-refractivity contribution in [2.75, 3.05) is 6.61 Å². The molecule has 0 heterocycles. The quantitative estimate of drug-likeness (QED) is 0.746. The fourth-order valence-corrected chi connectivity index (χ4v) is 2.28. The van der Waals surface area contributed by atoms with Crippen LogP contribution in [-0.2, 0) is 16.0 Å². The number of rotatable bonds is 7. The number of carbonyl (C=O) groups is 1. The van der Waals surface area contributed by atoms with E-state index in [1.807, 2.05) is 45.0 Å². The van der Waals surface area contributed by atoms with Crippen molar-refractivity contribution < 1.29 is 9.53 Å². The Balaban J connectivity index is 2.81. The fourth-order valence-electron chi connectivity index (χ4n) is 2.15. The van der Waals surface area contributed by atoms with Crippen molar-refractivity contribution in [1.82, 2.24) is 0 Å². The van der Waals surface area contributed by atoms with E-state index in [1.165, 1.54) is 0 Å². The summed E-state index contributed by atoms with van der Waals surface area (Å²) in [6.07, 6.45) is 1.83. The number of ether oxygens (including phenoxy) is 1. The van der Waals surface area contributed by atoms with Gasteiger partial charge in [0, 0.05) is 18.1 Å². The van der Waals surface area contributed by atoms with Crippen molar-refractivity contribution in [1.29, 1.82) is 0 Å². The van der Waals surface area contributed by atoms with Gasteiger partial charge < -0.3 is 4.74 Å². The second-order valence-corrected chi connectivity index (χ2v) is 4.80. The highest BCUT2D eigenvalue weighted by Gasteiger charge is 2.34. The molecule has 0 fully saturated rings. The van der Waals surface area contributed by atoms with E-state index in [9.17, 15) is 4.79 Å². The van der Waals surface area contributed by atoms with Crippen LogP contribution < -0.4 is 0 Å². The van der Waals surface area contributed by atoms with Crippen LogP contribution in [0.25, 0.3) is 0 Å². The maximum Gasteiger partial charge on any atom is 0.168 e. The molecule has 1 aromatic carbocycles. The highest BCUT2D eigenvalue weighted by molar-refractivity contribution is 6.30. The summed E-state index contributed by atoms with van der Waals surface area (Å²) in [5, 5.41) is 0.688. The van der Waals surface area contributed by atoms with Gasteiger partial charge in [-0.1, -0.05) is 37.6 Å². The first kappa shape index (κ1) is 15.2. The topological polar surface area (TPSA) is 26.3 Å².